The molecule has 0 saturated carbocycles. The third-order valence-corrected chi connectivity index (χ3v) is 1.08. The van der Waals surface area contributed by atoms with Crippen LogP contribution in [0.2, 0.25) is 0 Å². The van der Waals surface area contributed by atoms with Gasteiger partial charge in [-0.2, -0.15) is 0 Å². The van der Waals surface area contributed by atoms with E-state index in [0.717, 1.165) is 0 Å². The van der Waals surface area contributed by atoms with Crippen LogP contribution in [0.1, 0.15) is 6.42 Å². The summed E-state index contributed by atoms with van der Waals surface area (Å²) in [6, 6.07) is 0. The van der Waals surface area contributed by atoms with Crippen molar-refractivity contribution in [3.8, 4) is 0 Å². The zero-order valence-electron chi connectivity index (χ0n) is 6.07. The maximum atomic E-state index is 10.1. The van der Waals surface area contributed by atoms with Gasteiger partial charge in [-0.05, 0) is 0 Å². The SMILES string of the molecule is COCCC(OC)[N+](=O)[O-]. The Hall–Kier alpha value is -0.680. The highest BCUT2D eigenvalue weighted by Gasteiger charge is 2.17. The summed E-state index contributed by atoms with van der Waals surface area (Å²) < 4.78 is 9.17. The van der Waals surface area contributed by atoms with Crippen molar-refractivity contribution in [2.24, 2.45) is 0 Å². The molecule has 1 atom stereocenters. The quantitative estimate of drug-likeness (QED) is 0.320. The van der Waals surface area contributed by atoms with E-state index in [1.807, 2.05) is 0 Å². The summed E-state index contributed by atoms with van der Waals surface area (Å²) in [5, 5.41) is 10.1. The van der Waals surface area contributed by atoms with Gasteiger partial charge < -0.3 is 9.47 Å². The number of nitrogens with zero attached hydrogens (tertiary/aromatic N) is 1. The first kappa shape index (κ1) is 9.32. The minimum absolute atomic E-state index is 0.292. The van der Waals surface area contributed by atoms with Gasteiger partial charge in [-0.3, -0.25) is 10.1 Å². The van der Waals surface area contributed by atoms with Gasteiger partial charge in [0.15, 0.2) is 0 Å². The first-order valence-corrected chi connectivity index (χ1v) is 2.87. The van der Waals surface area contributed by atoms with E-state index < -0.39 is 11.2 Å². The predicted octanol–water partition coefficient (Wildman–Crippen LogP) is 0.272. The van der Waals surface area contributed by atoms with E-state index in [9.17, 15) is 10.1 Å². The highest BCUT2D eigenvalue weighted by Crippen LogP contribution is 1.96. The molecular weight excluding hydrogens is 138 g/mol. The van der Waals surface area contributed by atoms with Gasteiger partial charge in [0, 0.05) is 14.2 Å². The van der Waals surface area contributed by atoms with Crippen LogP contribution in [-0.4, -0.2) is 32.0 Å². The van der Waals surface area contributed by atoms with Crippen molar-refractivity contribution in [2.75, 3.05) is 20.8 Å². The molecule has 0 fully saturated rings. The summed E-state index contributed by atoms with van der Waals surface area (Å²) in [6.45, 7) is 0.347. The van der Waals surface area contributed by atoms with Crippen molar-refractivity contribution >= 4 is 0 Å². The van der Waals surface area contributed by atoms with Crippen molar-refractivity contribution in [2.45, 2.75) is 12.6 Å². The lowest BCUT2D eigenvalue weighted by Gasteiger charge is -2.04. The molecule has 0 saturated heterocycles. The molecule has 0 bridgehead atoms. The van der Waals surface area contributed by atoms with E-state index in [4.69, 9.17) is 0 Å². The molecule has 10 heavy (non-hydrogen) atoms. The summed E-state index contributed by atoms with van der Waals surface area (Å²) in [5.74, 6) is 0. The molecule has 0 aromatic heterocycles. The van der Waals surface area contributed by atoms with Crippen LogP contribution >= 0.6 is 0 Å². The van der Waals surface area contributed by atoms with Gasteiger partial charge in [-0.1, -0.05) is 0 Å². The van der Waals surface area contributed by atoms with Gasteiger partial charge in [-0.15, -0.1) is 0 Å². The summed E-state index contributed by atoms with van der Waals surface area (Å²) in [6.07, 6.45) is -0.639. The Morgan fingerprint density at radius 3 is 2.50 bits per heavy atom. The average molecular weight is 149 g/mol. The van der Waals surface area contributed by atoms with Crippen LogP contribution in [-0.2, 0) is 9.47 Å². The molecule has 0 aromatic rings. The van der Waals surface area contributed by atoms with Crippen molar-refractivity contribution in [3.63, 3.8) is 0 Å². The first-order valence-electron chi connectivity index (χ1n) is 2.87. The zero-order valence-corrected chi connectivity index (χ0v) is 6.07. The van der Waals surface area contributed by atoms with Crippen molar-refractivity contribution in [3.05, 3.63) is 10.1 Å². The lowest BCUT2D eigenvalue weighted by atomic mass is 10.4. The van der Waals surface area contributed by atoms with Crippen LogP contribution in [0.15, 0.2) is 0 Å². The van der Waals surface area contributed by atoms with E-state index in [2.05, 4.69) is 9.47 Å². The van der Waals surface area contributed by atoms with Gasteiger partial charge in [0.2, 0.25) is 0 Å². The van der Waals surface area contributed by atoms with E-state index in [1.165, 1.54) is 14.2 Å². The molecule has 5 nitrogen and oxygen atoms in total. The molecule has 0 aliphatic rings. The van der Waals surface area contributed by atoms with Crippen LogP contribution in [0.4, 0.5) is 0 Å². The van der Waals surface area contributed by atoms with E-state index in [-0.39, 0.29) is 0 Å². The van der Waals surface area contributed by atoms with Crippen LogP contribution < -0.4 is 0 Å². The molecule has 0 amide bonds. The minimum Gasteiger partial charge on any atom is -0.384 e. The van der Waals surface area contributed by atoms with Gasteiger partial charge in [0.25, 0.3) is 0 Å². The molecule has 0 aromatic carbocycles. The van der Waals surface area contributed by atoms with Gasteiger partial charge in [-0.25, -0.2) is 0 Å². The first-order chi connectivity index (χ1) is 4.72. The molecule has 60 valence electrons. The predicted molar refractivity (Wildman–Crippen MR) is 34.3 cm³/mol. The molecule has 1 unspecified atom stereocenters. The van der Waals surface area contributed by atoms with Crippen LogP contribution in [0.3, 0.4) is 0 Å². The maximum absolute atomic E-state index is 10.1. The zero-order chi connectivity index (χ0) is 7.98. The number of nitro groups is 1. The third-order valence-electron chi connectivity index (χ3n) is 1.08. The van der Waals surface area contributed by atoms with Crippen LogP contribution in [0, 0.1) is 10.1 Å². The number of rotatable bonds is 5. The molecule has 0 spiro atoms. The Bertz CT molecular complexity index is 106. The summed E-state index contributed by atoms with van der Waals surface area (Å²) >= 11 is 0. The Labute approximate surface area is 59.1 Å². The lowest BCUT2D eigenvalue weighted by molar-refractivity contribution is -0.574. The number of ether oxygens (including phenoxy) is 2. The Kier molecular flexibility index (Phi) is 4.78. The summed E-state index contributed by atoms with van der Waals surface area (Å²) in [4.78, 5) is 9.59. The van der Waals surface area contributed by atoms with Crippen LogP contribution in [0.5, 0.6) is 0 Å². The molecule has 0 radical (unpaired) electrons. The Balaban J connectivity index is 3.50. The highest BCUT2D eigenvalue weighted by molar-refractivity contribution is 4.39. The fourth-order valence-corrected chi connectivity index (χ4v) is 0.528. The fourth-order valence-electron chi connectivity index (χ4n) is 0.528. The largest absolute Gasteiger partial charge is 0.384 e. The van der Waals surface area contributed by atoms with Crippen LogP contribution in [0.25, 0.3) is 0 Å². The van der Waals surface area contributed by atoms with E-state index in [0.29, 0.717) is 13.0 Å². The molecule has 0 N–H and O–H groups in total. The molecule has 0 heterocycles. The molecule has 0 rings (SSSR count). The Morgan fingerprint density at radius 1 is 1.60 bits per heavy atom. The number of hydrogen-bond donors (Lipinski definition) is 0. The second kappa shape index (κ2) is 5.13. The van der Waals surface area contributed by atoms with Gasteiger partial charge in [0.05, 0.1) is 18.0 Å². The number of methoxy groups -OCH3 is 2. The summed E-state index contributed by atoms with van der Waals surface area (Å²) in [5.41, 5.74) is 0. The topological polar surface area (TPSA) is 61.6 Å². The normalized spacial score (nSPS) is 13.0. The van der Waals surface area contributed by atoms with Crippen molar-refractivity contribution < 1.29 is 14.4 Å². The molecule has 5 heteroatoms. The summed E-state index contributed by atoms with van der Waals surface area (Å²) in [7, 11) is 2.80. The molecular formula is C5H11NO4. The second-order valence-electron chi connectivity index (χ2n) is 1.76. The standard InChI is InChI=1S/C5H11NO4/c1-9-4-3-5(10-2)6(7)8/h5H,3-4H2,1-2H3. The van der Waals surface area contributed by atoms with Crippen molar-refractivity contribution in [1.29, 1.82) is 0 Å². The Morgan fingerprint density at radius 2 is 2.20 bits per heavy atom. The fraction of sp³-hybridized carbons (Fsp3) is 1.00. The van der Waals surface area contributed by atoms with E-state index in [1.54, 1.807) is 0 Å². The van der Waals surface area contributed by atoms with E-state index >= 15 is 0 Å². The molecule has 0 aliphatic heterocycles. The monoisotopic (exact) mass is 149 g/mol. The van der Waals surface area contributed by atoms with Gasteiger partial charge >= 0.3 is 6.23 Å². The third kappa shape index (κ3) is 3.37. The molecule has 0 aliphatic carbocycles. The average Bonchev–Trinajstić information content (AvgIpc) is 1.89. The second-order valence-corrected chi connectivity index (χ2v) is 1.76. The van der Waals surface area contributed by atoms with Crippen molar-refractivity contribution in [1.82, 2.24) is 0 Å². The lowest BCUT2D eigenvalue weighted by Crippen LogP contribution is -2.22. The minimum atomic E-state index is -0.931. The number of hydrogen-bond acceptors (Lipinski definition) is 4. The highest BCUT2D eigenvalue weighted by atomic mass is 16.7. The van der Waals surface area contributed by atoms with Gasteiger partial charge in [0.1, 0.15) is 0 Å². The maximum Gasteiger partial charge on any atom is 0.317 e. The smallest absolute Gasteiger partial charge is 0.317 e.